The van der Waals surface area contributed by atoms with E-state index in [1.54, 1.807) is 12.1 Å². The molecular formula is C18H20F6O3S2. The Labute approximate surface area is 167 Å². The largest absolute Gasteiger partial charge is 0.741 e. The summed E-state index contributed by atoms with van der Waals surface area (Å²) >= 11 is 0. The van der Waals surface area contributed by atoms with Crippen molar-refractivity contribution in [2.45, 2.75) is 62.4 Å². The molecule has 0 saturated heterocycles. The van der Waals surface area contributed by atoms with Gasteiger partial charge in [-0.25, -0.2) is 8.42 Å². The van der Waals surface area contributed by atoms with E-state index in [9.17, 15) is 26.3 Å². The van der Waals surface area contributed by atoms with E-state index in [0.717, 1.165) is 49.5 Å². The molecule has 164 valence electrons. The molecule has 0 aliphatic heterocycles. The van der Waals surface area contributed by atoms with Gasteiger partial charge in [0, 0.05) is 17.4 Å². The second kappa shape index (κ2) is 8.81. The summed E-state index contributed by atoms with van der Waals surface area (Å²) in [7, 11) is -7.80. The van der Waals surface area contributed by atoms with Crippen molar-refractivity contribution in [2.24, 2.45) is 0 Å². The fourth-order valence-electron chi connectivity index (χ4n) is 3.50. The number of rotatable bonds is 2. The smallest absolute Gasteiger partial charge is 0.600 e. The van der Waals surface area contributed by atoms with Gasteiger partial charge in [0.05, 0.1) is 10.5 Å². The number of alkyl halides is 6. The minimum absolute atomic E-state index is 0.126. The normalized spacial score (nSPS) is 17.2. The van der Waals surface area contributed by atoms with Gasteiger partial charge in [0.2, 0.25) is 0 Å². The Hall–Kier alpha value is -1.33. The van der Waals surface area contributed by atoms with Gasteiger partial charge >= 0.3 is 11.0 Å². The van der Waals surface area contributed by atoms with Crippen molar-refractivity contribution in [1.29, 1.82) is 0 Å². The van der Waals surface area contributed by atoms with Gasteiger partial charge < -0.3 is 4.55 Å². The maximum atomic E-state index is 13.7. The molecule has 0 spiro atoms. The average Bonchev–Trinajstić information content (AvgIpc) is 3.01. The Morgan fingerprint density at radius 2 is 1.62 bits per heavy atom. The monoisotopic (exact) mass is 462 g/mol. The Morgan fingerprint density at radius 1 is 1.07 bits per heavy atom. The van der Waals surface area contributed by atoms with Crippen LogP contribution in [-0.4, -0.2) is 18.5 Å². The van der Waals surface area contributed by atoms with Gasteiger partial charge in [-0.2, -0.15) is 13.2 Å². The molecule has 1 aromatic heterocycles. The van der Waals surface area contributed by atoms with Gasteiger partial charge in [-0.3, -0.25) is 0 Å². The number of halogens is 6. The quantitative estimate of drug-likeness (QED) is 0.215. The molecule has 29 heavy (non-hydrogen) atoms. The second-order valence-corrected chi connectivity index (χ2v) is 10.1. The molecule has 0 amide bonds. The minimum Gasteiger partial charge on any atom is -0.741 e. The number of aryl methyl sites for hydroxylation is 1. The summed E-state index contributed by atoms with van der Waals surface area (Å²) in [4.78, 5) is 0.651. The Bertz CT molecular complexity index is 939. The van der Waals surface area contributed by atoms with Crippen molar-refractivity contribution in [3.05, 3.63) is 34.7 Å². The lowest BCUT2D eigenvalue weighted by Crippen LogP contribution is -2.21. The standard InChI is InChI=1S/C17H20F3S.CHF3O3S/c1-2-12-9-6-10-15-14(12)11-16(21(15)17(18,19)20)13-7-4-3-5-8-13;2-1(3,4)8(5,6)7/h6,9-11,13H,2-5,7-8H2,1H3;(H,5,6,7)/q+1;/p-1. The van der Waals surface area contributed by atoms with Crippen LogP contribution in [0.15, 0.2) is 24.3 Å². The predicted molar refractivity (Wildman–Crippen MR) is 98.7 cm³/mol. The summed E-state index contributed by atoms with van der Waals surface area (Å²) in [5.74, 6) is 0.126. The molecule has 0 N–H and O–H groups in total. The van der Waals surface area contributed by atoms with E-state index >= 15 is 0 Å². The van der Waals surface area contributed by atoms with Crippen LogP contribution in [0.5, 0.6) is 0 Å². The molecule has 3 nitrogen and oxygen atoms in total. The fourth-order valence-corrected chi connectivity index (χ4v) is 5.70. The first-order valence-electron chi connectivity index (χ1n) is 8.94. The zero-order valence-corrected chi connectivity index (χ0v) is 17.1. The highest BCUT2D eigenvalue weighted by Gasteiger charge is 2.49. The highest BCUT2D eigenvalue weighted by atomic mass is 32.2. The minimum atomic E-state index is -6.09. The number of thiophene rings is 1. The molecule has 1 fully saturated rings. The highest BCUT2D eigenvalue weighted by molar-refractivity contribution is 7.86. The lowest BCUT2D eigenvalue weighted by molar-refractivity contribution is -0.0868. The summed E-state index contributed by atoms with van der Waals surface area (Å²) in [6, 6.07) is 7.29. The molecule has 1 unspecified atom stereocenters. The number of hydrogen-bond donors (Lipinski definition) is 0. The van der Waals surface area contributed by atoms with Crippen LogP contribution in [0, 0.1) is 0 Å². The molecule has 3 rings (SSSR count). The van der Waals surface area contributed by atoms with Crippen molar-refractivity contribution < 1.29 is 39.3 Å². The molecule has 1 heterocycles. The maximum Gasteiger partial charge on any atom is 0.600 e. The van der Waals surface area contributed by atoms with Gasteiger partial charge in [0.1, 0.15) is 0 Å². The first-order valence-corrected chi connectivity index (χ1v) is 11.6. The van der Waals surface area contributed by atoms with Crippen molar-refractivity contribution in [3.63, 3.8) is 0 Å². The molecule has 2 aromatic rings. The van der Waals surface area contributed by atoms with Crippen LogP contribution in [0.2, 0.25) is 0 Å². The van der Waals surface area contributed by atoms with Gasteiger partial charge in [-0.1, -0.05) is 38.3 Å². The zero-order chi connectivity index (χ0) is 22.0. The van der Waals surface area contributed by atoms with Crippen LogP contribution in [0.25, 0.3) is 10.1 Å². The predicted octanol–water partition coefficient (Wildman–Crippen LogP) is 6.73. The maximum absolute atomic E-state index is 13.7. The van der Waals surface area contributed by atoms with Crippen molar-refractivity contribution in [1.82, 2.24) is 0 Å². The molecule has 1 aromatic carbocycles. The van der Waals surface area contributed by atoms with Gasteiger partial charge in [-0.15, -0.1) is 13.2 Å². The number of benzene rings is 1. The van der Waals surface area contributed by atoms with Crippen LogP contribution in [0.4, 0.5) is 26.3 Å². The third kappa shape index (κ3) is 5.64. The number of hydrogen-bond acceptors (Lipinski definition) is 3. The molecule has 1 saturated carbocycles. The van der Waals surface area contributed by atoms with E-state index < -0.39 is 31.6 Å². The van der Waals surface area contributed by atoms with Crippen LogP contribution in [0.3, 0.4) is 0 Å². The summed E-state index contributed by atoms with van der Waals surface area (Å²) in [6.07, 6.45) is 5.91. The summed E-state index contributed by atoms with van der Waals surface area (Å²) < 4.78 is 100. The van der Waals surface area contributed by atoms with E-state index in [0.29, 0.717) is 9.58 Å². The summed E-state index contributed by atoms with van der Waals surface area (Å²) in [5, 5.41) is 0.848. The van der Waals surface area contributed by atoms with Crippen LogP contribution >= 0.6 is 10.5 Å². The molecule has 0 bridgehead atoms. The van der Waals surface area contributed by atoms with Crippen molar-refractivity contribution >= 4 is 30.7 Å². The molecule has 1 aliphatic carbocycles. The molecular weight excluding hydrogens is 442 g/mol. The first-order chi connectivity index (χ1) is 13.3. The summed E-state index contributed by atoms with van der Waals surface area (Å²) in [6.45, 7) is 2.01. The van der Waals surface area contributed by atoms with Gasteiger partial charge in [-0.05, 0) is 30.9 Å². The van der Waals surface area contributed by atoms with Crippen molar-refractivity contribution in [2.75, 3.05) is 0 Å². The Kier molecular flexibility index (Phi) is 7.27. The Morgan fingerprint density at radius 3 is 2.07 bits per heavy atom. The average molecular weight is 462 g/mol. The molecule has 1 atom stereocenters. The lowest BCUT2D eigenvalue weighted by atomic mass is 9.88. The molecule has 0 radical (unpaired) electrons. The van der Waals surface area contributed by atoms with Gasteiger partial charge in [0.25, 0.3) is 0 Å². The zero-order valence-electron chi connectivity index (χ0n) is 15.4. The second-order valence-electron chi connectivity index (χ2n) is 6.72. The van der Waals surface area contributed by atoms with Gasteiger partial charge in [0.15, 0.2) is 19.7 Å². The SMILES string of the molecule is CCc1cccc2c1cc(C1CCCCC1)[s+]2C(F)(F)F.O=S(=O)([O-])C(F)(F)F. The Balaban J connectivity index is 0.000000321. The van der Waals surface area contributed by atoms with E-state index in [1.807, 2.05) is 19.1 Å². The highest BCUT2D eigenvalue weighted by Crippen LogP contribution is 2.55. The first kappa shape index (κ1) is 23.9. The molecule has 1 aliphatic rings. The topological polar surface area (TPSA) is 57.2 Å². The summed E-state index contributed by atoms with van der Waals surface area (Å²) in [5.41, 5.74) is -8.76. The van der Waals surface area contributed by atoms with E-state index in [1.165, 1.54) is 0 Å². The lowest BCUT2D eigenvalue weighted by Gasteiger charge is -2.18. The van der Waals surface area contributed by atoms with Crippen LogP contribution in [-0.2, 0) is 22.0 Å². The van der Waals surface area contributed by atoms with E-state index in [2.05, 4.69) is 0 Å². The van der Waals surface area contributed by atoms with Crippen LogP contribution in [0.1, 0.15) is 55.4 Å². The van der Waals surface area contributed by atoms with Crippen LogP contribution < -0.4 is 0 Å². The third-order valence-corrected chi connectivity index (χ3v) is 7.55. The molecule has 11 heteroatoms. The third-order valence-electron chi connectivity index (χ3n) is 4.80. The fraction of sp³-hybridized carbons (Fsp3) is 0.556. The van der Waals surface area contributed by atoms with E-state index in [4.69, 9.17) is 13.0 Å². The number of fused-ring (bicyclic) bond motifs is 1. The van der Waals surface area contributed by atoms with E-state index in [-0.39, 0.29) is 5.92 Å². The van der Waals surface area contributed by atoms with Crippen molar-refractivity contribution in [3.8, 4) is 0 Å².